The van der Waals surface area contributed by atoms with E-state index in [0.717, 1.165) is 12.8 Å². The van der Waals surface area contributed by atoms with E-state index >= 15 is 0 Å². The molecule has 1 radical (unpaired) electrons. The summed E-state index contributed by atoms with van der Waals surface area (Å²) in [6.45, 7) is 0. The first-order valence-corrected chi connectivity index (χ1v) is 3.47. The molecule has 10 heavy (non-hydrogen) atoms. The van der Waals surface area contributed by atoms with Crippen LogP contribution in [0.1, 0.15) is 11.1 Å². The van der Waals surface area contributed by atoms with Gasteiger partial charge in [-0.15, -0.1) is 0 Å². The average Bonchev–Trinajstić information content (AvgIpc) is 2.27. The van der Waals surface area contributed by atoms with Crippen LogP contribution in [0.5, 0.6) is 0 Å². The second-order valence-electron chi connectivity index (χ2n) is 2.69. The van der Waals surface area contributed by atoms with Crippen LogP contribution in [-0.4, -0.2) is 5.11 Å². The maximum absolute atomic E-state index is 9.17. The van der Waals surface area contributed by atoms with Gasteiger partial charge >= 0.3 is 0 Å². The van der Waals surface area contributed by atoms with E-state index in [9.17, 15) is 0 Å². The minimum atomic E-state index is 0.598. The van der Waals surface area contributed by atoms with Crippen molar-refractivity contribution in [1.29, 1.82) is 0 Å². The van der Waals surface area contributed by atoms with E-state index in [1.807, 2.05) is 12.1 Å². The van der Waals surface area contributed by atoms with Crippen molar-refractivity contribution in [1.82, 2.24) is 0 Å². The molecule has 0 aromatic heterocycles. The fraction of sp³-hybridized carbons (Fsp3) is 0.222. The Labute approximate surface area is 60.3 Å². The Kier molecular flexibility index (Phi) is 1.24. The zero-order chi connectivity index (χ0) is 6.97. The van der Waals surface area contributed by atoms with Crippen molar-refractivity contribution in [2.75, 3.05) is 0 Å². The molecule has 2 rings (SSSR count). The van der Waals surface area contributed by atoms with Gasteiger partial charge in [0.15, 0.2) is 0 Å². The molecule has 1 nitrogen and oxygen atoms in total. The number of benzene rings is 1. The molecule has 1 N–H and O–H groups in total. The van der Waals surface area contributed by atoms with Gasteiger partial charge in [0.05, 0.1) is 0 Å². The van der Waals surface area contributed by atoms with E-state index < -0.39 is 0 Å². The highest BCUT2D eigenvalue weighted by molar-refractivity contribution is 5.35. The summed E-state index contributed by atoms with van der Waals surface area (Å²) in [4.78, 5) is 0. The summed E-state index contributed by atoms with van der Waals surface area (Å²) in [6.07, 6.45) is 2.12. The largest absolute Gasteiger partial charge is 0.386 e. The molecule has 0 atom stereocenters. The van der Waals surface area contributed by atoms with Crippen LogP contribution >= 0.6 is 0 Å². The van der Waals surface area contributed by atoms with Crippen LogP contribution in [0.15, 0.2) is 24.3 Å². The summed E-state index contributed by atoms with van der Waals surface area (Å²) in [5.74, 6) is 0. The lowest BCUT2D eigenvalue weighted by atomic mass is 10.1. The van der Waals surface area contributed by atoms with Gasteiger partial charge in [0.1, 0.15) is 6.10 Å². The highest BCUT2D eigenvalue weighted by Crippen LogP contribution is 2.25. The Bertz CT molecular complexity index is 217. The maximum atomic E-state index is 9.17. The lowest BCUT2D eigenvalue weighted by molar-refractivity contribution is 0.300. The van der Waals surface area contributed by atoms with Crippen molar-refractivity contribution >= 4 is 0 Å². The summed E-state index contributed by atoms with van der Waals surface area (Å²) < 4.78 is 0. The predicted octanol–water partition coefficient (Wildman–Crippen LogP) is 1.69. The van der Waals surface area contributed by atoms with Crippen LogP contribution in [0.25, 0.3) is 0 Å². The predicted molar refractivity (Wildman–Crippen MR) is 39.0 cm³/mol. The van der Waals surface area contributed by atoms with Gasteiger partial charge in [0.25, 0.3) is 0 Å². The van der Waals surface area contributed by atoms with Gasteiger partial charge in [0, 0.05) is 12.8 Å². The number of hydrogen-bond donors (Lipinski definition) is 1. The van der Waals surface area contributed by atoms with Crippen LogP contribution in [0.3, 0.4) is 0 Å². The van der Waals surface area contributed by atoms with Crippen molar-refractivity contribution in [3.63, 3.8) is 0 Å². The third-order valence-electron chi connectivity index (χ3n) is 1.91. The quantitative estimate of drug-likeness (QED) is 0.571. The Balaban J connectivity index is 2.42. The Morgan fingerprint density at radius 2 is 1.50 bits per heavy atom. The first-order valence-electron chi connectivity index (χ1n) is 3.47. The number of fused-ring (bicyclic) bond motifs is 1. The fourth-order valence-corrected chi connectivity index (χ4v) is 1.40. The summed E-state index contributed by atoms with van der Waals surface area (Å²) >= 11 is 0. The lowest BCUT2D eigenvalue weighted by Crippen LogP contribution is -1.91. The molecule has 0 heterocycles. The van der Waals surface area contributed by atoms with Gasteiger partial charge in [-0.3, -0.25) is 0 Å². The van der Waals surface area contributed by atoms with Crippen molar-refractivity contribution in [2.45, 2.75) is 12.8 Å². The smallest absolute Gasteiger partial charge is 0.102 e. The summed E-state index contributed by atoms with van der Waals surface area (Å²) in [6, 6.07) is 8.16. The van der Waals surface area contributed by atoms with Gasteiger partial charge in [-0.1, -0.05) is 24.3 Å². The molecule has 51 valence electrons. The van der Waals surface area contributed by atoms with E-state index in [-0.39, 0.29) is 0 Å². The number of aliphatic hydroxyl groups excluding tert-OH is 1. The molecule has 1 aromatic carbocycles. The van der Waals surface area contributed by atoms with E-state index in [4.69, 9.17) is 5.11 Å². The fourth-order valence-electron chi connectivity index (χ4n) is 1.40. The van der Waals surface area contributed by atoms with E-state index in [1.54, 1.807) is 0 Å². The molecule has 1 aliphatic rings. The van der Waals surface area contributed by atoms with Crippen LogP contribution in [0, 0.1) is 6.10 Å². The average molecular weight is 133 g/mol. The molecule has 1 heteroatoms. The normalized spacial score (nSPS) is 17.3. The zero-order valence-corrected chi connectivity index (χ0v) is 5.67. The summed E-state index contributed by atoms with van der Waals surface area (Å²) in [7, 11) is 0. The number of rotatable bonds is 0. The van der Waals surface area contributed by atoms with Gasteiger partial charge in [0.2, 0.25) is 0 Å². The van der Waals surface area contributed by atoms with Gasteiger partial charge in [-0.05, 0) is 11.1 Å². The Hall–Kier alpha value is -0.820. The van der Waals surface area contributed by atoms with Crippen LogP contribution in [0.4, 0.5) is 0 Å². The molecular weight excluding hydrogens is 124 g/mol. The van der Waals surface area contributed by atoms with Crippen molar-refractivity contribution in [3.05, 3.63) is 41.5 Å². The molecule has 0 saturated heterocycles. The van der Waals surface area contributed by atoms with Gasteiger partial charge < -0.3 is 5.11 Å². The van der Waals surface area contributed by atoms with Crippen LogP contribution < -0.4 is 0 Å². The monoisotopic (exact) mass is 133 g/mol. The van der Waals surface area contributed by atoms with Gasteiger partial charge in [-0.2, -0.15) is 0 Å². The molecule has 0 bridgehead atoms. The summed E-state index contributed by atoms with van der Waals surface area (Å²) in [5.41, 5.74) is 2.56. The third kappa shape index (κ3) is 0.830. The first-order chi connectivity index (χ1) is 4.86. The molecule has 0 amide bonds. The van der Waals surface area contributed by atoms with Crippen molar-refractivity contribution in [2.24, 2.45) is 0 Å². The van der Waals surface area contributed by atoms with Crippen LogP contribution in [-0.2, 0) is 12.8 Å². The highest BCUT2D eigenvalue weighted by atomic mass is 16.3. The maximum Gasteiger partial charge on any atom is 0.102 e. The van der Waals surface area contributed by atoms with E-state index in [0.29, 0.717) is 6.10 Å². The van der Waals surface area contributed by atoms with Crippen molar-refractivity contribution < 1.29 is 5.11 Å². The molecular formula is C9H9O. The van der Waals surface area contributed by atoms with E-state index in [1.165, 1.54) is 11.1 Å². The molecule has 0 spiro atoms. The van der Waals surface area contributed by atoms with Gasteiger partial charge in [-0.25, -0.2) is 0 Å². The number of aliphatic hydroxyl groups is 1. The lowest BCUT2D eigenvalue weighted by Gasteiger charge is -1.92. The minimum Gasteiger partial charge on any atom is -0.386 e. The molecule has 0 fully saturated rings. The Morgan fingerprint density at radius 3 is 2.00 bits per heavy atom. The Morgan fingerprint density at radius 1 is 1.00 bits per heavy atom. The standard InChI is InChI=1S/C9H9O/c10-9-5-7-3-1-2-4-8(7)6-9/h1-4,10H,5-6H2. The minimum absolute atomic E-state index is 0.598. The van der Waals surface area contributed by atoms with Crippen molar-refractivity contribution in [3.8, 4) is 0 Å². The molecule has 0 saturated carbocycles. The third-order valence-corrected chi connectivity index (χ3v) is 1.91. The highest BCUT2D eigenvalue weighted by Gasteiger charge is 2.18. The second-order valence-corrected chi connectivity index (χ2v) is 2.69. The topological polar surface area (TPSA) is 20.2 Å². The SMILES string of the molecule is O[C]1Cc2ccccc2C1. The molecule has 1 aliphatic carbocycles. The van der Waals surface area contributed by atoms with Crippen LogP contribution in [0.2, 0.25) is 0 Å². The molecule has 0 unspecified atom stereocenters. The van der Waals surface area contributed by atoms with E-state index in [2.05, 4.69) is 12.1 Å². The first kappa shape index (κ1) is 5.93. The number of hydrogen-bond acceptors (Lipinski definition) is 1. The zero-order valence-electron chi connectivity index (χ0n) is 5.67. The summed E-state index contributed by atoms with van der Waals surface area (Å²) in [5, 5.41) is 9.17. The molecule has 0 aliphatic heterocycles. The second kappa shape index (κ2) is 2.10. The molecule has 1 aromatic rings.